The van der Waals surface area contributed by atoms with E-state index in [4.69, 9.17) is 5.10 Å². The Morgan fingerprint density at radius 3 is 2.15 bits per heavy atom. The molecular weight excluding hydrogens is 595 g/mol. The Labute approximate surface area is 272 Å². The first-order valence-electron chi connectivity index (χ1n) is 16.0. The van der Waals surface area contributed by atoms with Crippen LogP contribution in [0.1, 0.15) is 68.8 Å². The zero-order valence-corrected chi connectivity index (χ0v) is 27.8. The molecule has 0 spiro atoms. The van der Waals surface area contributed by atoms with E-state index in [0.717, 1.165) is 54.6 Å². The van der Waals surface area contributed by atoms with Crippen LogP contribution in [0.25, 0.3) is 11.8 Å². The summed E-state index contributed by atoms with van der Waals surface area (Å²) in [7, 11) is -3.54. The topological polar surface area (TPSA) is 96.3 Å². The van der Waals surface area contributed by atoms with E-state index in [1.807, 2.05) is 49.4 Å². The number of aryl methyl sites for hydroxylation is 1. The van der Waals surface area contributed by atoms with Crippen LogP contribution in [0.5, 0.6) is 0 Å². The van der Waals surface area contributed by atoms with Gasteiger partial charge in [0.25, 0.3) is 0 Å². The van der Waals surface area contributed by atoms with Crippen LogP contribution in [0, 0.1) is 12.8 Å². The first kappa shape index (κ1) is 31.8. The number of carbonyl (C=O) groups excluding carboxylic acids is 1. The lowest BCUT2D eigenvalue weighted by atomic mass is 9.87. The molecule has 3 heterocycles. The number of hydrogen-bond acceptors (Lipinski definition) is 4. The Hall–Kier alpha value is -4.21. The van der Waals surface area contributed by atoms with Crippen molar-refractivity contribution in [2.75, 3.05) is 10.6 Å². The number of carbonyl (C=O) groups is 1. The fraction of sp³-hybridized carbons (Fsp3) is 0.351. The Bertz CT molecular complexity index is 1810. The van der Waals surface area contributed by atoms with Gasteiger partial charge in [-0.3, -0.25) is 5.32 Å². The zero-order valence-electron chi connectivity index (χ0n) is 27.0. The highest BCUT2D eigenvalue weighted by Gasteiger charge is 2.47. The van der Waals surface area contributed by atoms with Crippen molar-refractivity contribution >= 4 is 33.6 Å². The van der Waals surface area contributed by atoms with Crippen LogP contribution in [0.15, 0.2) is 90.3 Å². The second-order valence-corrected chi connectivity index (χ2v) is 15.6. The predicted octanol–water partition coefficient (Wildman–Crippen LogP) is 7.94. The number of aromatic nitrogens is 2. The van der Waals surface area contributed by atoms with Gasteiger partial charge < -0.3 is 5.32 Å². The fourth-order valence-electron chi connectivity index (χ4n) is 6.76. The minimum Gasteiger partial charge on any atom is -0.308 e. The Morgan fingerprint density at radius 1 is 0.935 bits per heavy atom. The molecule has 0 aliphatic carbocycles. The molecule has 2 fully saturated rings. The van der Waals surface area contributed by atoms with Crippen molar-refractivity contribution in [3.63, 3.8) is 0 Å². The minimum absolute atomic E-state index is 0.0320. The highest BCUT2D eigenvalue weighted by Crippen LogP contribution is 2.43. The van der Waals surface area contributed by atoms with Crippen LogP contribution in [-0.2, 0) is 21.9 Å². The quantitative estimate of drug-likeness (QED) is 0.205. The molecule has 0 radical (unpaired) electrons. The van der Waals surface area contributed by atoms with Crippen molar-refractivity contribution in [2.24, 2.45) is 5.92 Å². The standard InChI is InChI=1S/C37H43N5O3S/c1-6-26-11-19-33(20-12-26)46(44,45)42-31-17-18-32(42)23-28(22-31)21-27-9-13-29(14-10-27)38-36(43)39-35-24-34(37(3,4)5)40-41(35)30-15-7-25(2)8-16-30/h6-16,19-20,24,28,31-32H,1,17-18,21-23H2,2-5H3,(H2,38,39,43). The number of nitrogens with zero attached hydrogens (tertiary/aromatic N) is 3. The molecule has 2 N–H and O–H groups in total. The molecule has 2 unspecified atom stereocenters. The van der Waals surface area contributed by atoms with Gasteiger partial charge in [-0.2, -0.15) is 9.40 Å². The highest BCUT2D eigenvalue weighted by atomic mass is 32.2. The minimum atomic E-state index is -3.54. The van der Waals surface area contributed by atoms with E-state index in [1.165, 1.54) is 5.56 Å². The maximum absolute atomic E-state index is 13.6. The summed E-state index contributed by atoms with van der Waals surface area (Å²) in [6.45, 7) is 12.1. The highest BCUT2D eigenvalue weighted by molar-refractivity contribution is 7.89. The lowest BCUT2D eigenvalue weighted by molar-refractivity contribution is 0.190. The molecule has 2 atom stereocenters. The summed E-state index contributed by atoms with van der Waals surface area (Å²) in [5.41, 5.74) is 5.51. The van der Waals surface area contributed by atoms with Crippen molar-refractivity contribution in [1.82, 2.24) is 14.1 Å². The smallest absolute Gasteiger partial charge is 0.308 e. The number of piperidine rings is 1. The third-order valence-electron chi connectivity index (χ3n) is 9.19. The molecular formula is C37H43N5O3S. The van der Waals surface area contributed by atoms with Crippen LogP contribution < -0.4 is 10.6 Å². The molecule has 3 aromatic carbocycles. The summed E-state index contributed by atoms with van der Waals surface area (Å²) in [6, 6.07) is 24.6. The molecule has 2 bridgehead atoms. The Morgan fingerprint density at radius 2 is 1.57 bits per heavy atom. The molecule has 2 amide bonds. The van der Waals surface area contributed by atoms with Crippen molar-refractivity contribution < 1.29 is 13.2 Å². The largest absolute Gasteiger partial charge is 0.324 e. The van der Waals surface area contributed by atoms with Crippen molar-refractivity contribution in [1.29, 1.82) is 0 Å². The molecule has 2 saturated heterocycles. The van der Waals surface area contributed by atoms with Crippen LogP contribution in [0.3, 0.4) is 0 Å². The van der Waals surface area contributed by atoms with Crippen LogP contribution >= 0.6 is 0 Å². The molecule has 2 aliphatic rings. The summed E-state index contributed by atoms with van der Waals surface area (Å²) in [6.07, 6.45) is 6.12. The molecule has 4 aromatic rings. The van der Waals surface area contributed by atoms with Gasteiger partial charge in [0, 0.05) is 29.3 Å². The second kappa shape index (κ2) is 12.5. The molecule has 1 aromatic heterocycles. The number of benzene rings is 3. The van der Waals surface area contributed by atoms with Crippen molar-refractivity contribution in [3.8, 4) is 5.69 Å². The molecule has 2 aliphatic heterocycles. The number of sulfonamides is 1. The van der Waals surface area contributed by atoms with E-state index in [0.29, 0.717) is 22.3 Å². The van der Waals surface area contributed by atoms with Gasteiger partial charge in [-0.05, 0) is 92.5 Å². The fourth-order valence-corrected chi connectivity index (χ4v) is 8.65. The SMILES string of the molecule is C=Cc1ccc(S(=O)(=O)N2C3CCC2CC(Cc2ccc(NC(=O)Nc4cc(C(C)(C)C)nn4-c4ccc(C)cc4)cc2)C3)cc1. The Kier molecular flexibility index (Phi) is 8.65. The number of amides is 2. The molecule has 46 heavy (non-hydrogen) atoms. The number of hydrogen-bond donors (Lipinski definition) is 2. The summed E-state index contributed by atoms with van der Waals surface area (Å²) < 4.78 is 30.7. The predicted molar refractivity (Wildman–Crippen MR) is 185 cm³/mol. The zero-order chi connectivity index (χ0) is 32.6. The van der Waals surface area contributed by atoms with E-state index in [9.17, 15) is 13.2 Å². The summed E-state index contributed by atoms with van der Waals surface area (Å²) in [5, 5.41) is 10.7. The number of rotatable bonds is 8. The van der Waals surface area contributed by atoms with Gasteiger partial charge in [-0.15, -0.1) is 0 Å². The lowest BCUT2D eigenvalue weighted by Crippen LogP contribution is -2.46. The monoisotopic (exact) mass is 637 g/mol. The first-order valence-corrected chi connectivity index (χ1v) is 17.5. The second-order valence-electron chi connectivity index (χ2n) is 13.7. The van der Waals surface area contributed by atoms with Crippen molar-refractivity contribution in [3.05, 3.63) is 108 Å². The molecule has 0 saturated carbocycles. The number of nitrogens with one attached hydrogen (secondary N) is 2. The van der Waals surface area contributed by atoms with Gasteiger partial charge in [0.2, 0.25) is 10.0 Å². The maximum Gasteiger partial charge on any atom is 0.324 e. The van der Waals surface area contributed by atoms with Crippen LogP contribution in [0.4, 0.5) is 16.3 Å². The average Bonchev–Trinajstić information content (AvgIpc) is 3.57. The third kappa shape index (κ3) is 6.66. The number of urea groups is 1. The average molecular weight is 638 g/mol. The number of anilines is 2. The molecule has 9 heteroatoms. The van der Waals surface area contributed by atoms with E-state index >= 15 is 0 Å². The van der Waals surface area contributed by atoms with Gasteiger partial charge in [-0.25, -0.2) is 17.9 Å². The maximum atomic E-state index is 13.6. The van der Waals surface area contributed by atoms with Gasteiger partial charge in [0.1, 0.15) is 5.82 Å². The van der Waals surface area contributed by atoms with E-state index in [-0.39, 0.29) is 23.5 Å². The van der Waals surface area contributed by atoms with Crippen molar-refractivity contribution in [2.45, 2.75) is 82.2 Å². The van der Waals surface area contributed by atoms with E-state index in [1.54, 1.807) is 39.3 Å². The first-order chi connectivity index (χ1) is 21.9. The summed E-state index contributed by atoms with van der Waals surface area (Å²) >= 11 is 0. The van der Waals surface area contributed by atoms with Gasteiger partial charge in [-0.1, -0.05) is 75.4 Å². The molecule has 240 valence electrons. The lowest BCUT2D eigenvalue weighted by Gasteiger charge is -2.38. The van der Waals surface area contributed by atoms with E-state index < -0.39 is 10.0 Å². The van der Waals surface area contributed by atoms with Crippen LogP contribution in [0.2, 0.25) is 0 Å². The number of fused-ring (bicyclic) bond motifs is 2. The molecule has 6 rings (SSSR count). The summed E-state index contributed by atoms with van der Waals surface area (Å²) in [5.74, 6) is 1.01. The summed E-state index contributed by atoms with van der Waals surface area (Å²) in [4.78, 5) is 13.4. The van der Waals surface area contributed by atoms with Crippen LogP contribution in [-0.4, -0.2) is 40.6 Å². The van der Waals surface area contributed by atoms with Gasteiger partial charge in [0.05, 0.1) is 16.3 Å². The Balaban J connectivity index is 1.08. The van der Waals surface area contributed by atoms with Gasteiger partial charge in [0.15, 0.2) is 0 Å². The normalized spacial score (nSPS) is 20.0. The van der Waals surface area contributed by atoms with Gasteiger partial charge >= 0.3 is 6.03 Å². The third-order valence-corrected chi connectivity index (χ3v) is 11.2. The molecule has 8 nitrogen and oxygen atoms in total. The van der Waals surface area contributed by atoms with E-state index in [2.05, 4.69) is 50.1 Å².